The van der Waals surface area contributed by atoms with Gasteiger partial charge in [-0.2, -0.15) is 12.6 Å². The average molecular weight is 237 g/mol. The quantitative estimate of drug-likeness (QED) is 0.742. The van der Waals surface area contributed by atoms with Gasteiger partial charge in [0.2, 0.25) is 0 Å². The van der Waals surface area contributed by atoms with Crippen LogP contribution in [0, 0.1) is 5.92 Å². The second-order valence-electron chi connectivity index (χ2n) is 4.80. The zero-order valence-corrected chi connectivity index (χ0v) is 11.5. The van der Waals surface area contributed by atoms with E-state index in [0.29, 0.717) is 12.0 Å². The Balaban J connectivity index is 2.58. The van der Waals surface area contributed by atoms with Gasteiger partial charge >= 0.3 is 0 Å². The summed E-state index contributed by atoms with van der Waals surface area (Å²) in [6.07, 6.45) is 0. The van der Waals surface area contributed by atoms with Gasteiger partial charge in [0.1, 0.15) is 0 Å². The molecular weight excluding hydrogens is 214 g/mol. The van der Waals surface area contributed by atoms with E-state index in [2.05, 4.69) is 68.6 Å². The summed E-state index contributed by atoms with van der Waals surface area (Å²) in [6, 6.07) is 11.3. The minimum Gasteiger partial charge on any atom is -0.296 e. The third-order valence-electron chi connectivity index (χ3n) is 2.82. The van der Waals surface area contributed by atoms with Crippen molar-refractivity contribution in [1.82, 2.24) is 4.90 Å². The van der Waals surface area contributed by atoms with Crippen LogP contribution in [0.5, 0.6) is 0 Å². The number of thiol groups is 1. The molecule has 0 radical (unpaired) electrons. The van der Waals surface area contributed by atoms with E-state index in [1.165, 1.54) is 5.56 Å². The third-order valence-corrected chi connectivity index (χ3v) is 3.44. The van der Waals surface area contributed by atoms with Crippen molar-refractivity contribution in [2.24, 2.45) is 5.92 Å². The van der Waals surface area contributed by atoms with Gasteiger partial charge < -0.3 is 0 Å². The van der Waals surface area contributed by atoms with Crippen molar-refractivity contribution >= 4 is 12.6 Å². The van der Waals surface area contributed by atoms with Gasteiger partial charge in [0.15, 0.2) is 0 Å². The van der Waals surface area contributed by atoms with Crippen LogP contribution in [-0.2, 0) is 6.54 Å². The molecule has 0 bridgehead atoms. The molecule has 1 aromatic carbocycles. The SMILES string of the molecule is CC(CS)CN(Cc1ccccc1)C(C)C. The minimum atomic E-state index is 0.586. The molecule has 0 spiro atoms. The van der Waals surface area contributed by atoms with E-state index >= 15 is 0 Å². The second-order valence-corrected chi connectivity index (χ2v) is 5.16. The first kappa shape index (κ1) is 13.6. The van der Waals surface area contributed by atoms with Crippen molar-refractivity contribution in [3.8, 4) is 0 Å². The molecule has 0 heterocycles. The highest BCUT2D eigenvalue weighted by atomic mass is 32.1. The predicted molar refractivity (Wildman–Crippen MR) is 75.0 cm³/mol. The molecule has 0 aliphatic rings. The molecule has 1 rings (SSSR count). The summed E-state index contributed by atoms with van der Waals surface area (Å²) in [5.74, 6) is 1.60. The topological polar surface area (TPSA) is 3.24 Å². The molecule has 1 aromatic rings. The van der Waals surface area contributed by atoms with Gasteiger partial charge in [-0.15, -0.1) is 0 Å². The predicted octanol–water partition coefficient (Wildman–Crippen LogP) is 3.46. The van der Waals surface area contributed by atoms with E-state index in [0.717, 1.165) is 18.8 Å². The Morgan fingerprint density at radius 1 is 1.12 bits per heavy atom. The molecule has 0 aliphatic carbocycles. The molecule has 0 fully saturated rings. The summed E-state index contributed by atoms with van der Waals surface area (Å²) in [5, 5.41) is 0. The van der Waals surface area contributed by atoms with Crippen molar-refractivity contribution in [1.29, 1.82) is 0 Å². The lowest BCUT2D eigenvalue weighted by Crippen LogP contribution is -2.34. The van der Waals surface area contributed by atoms with Crippen molar-refractivity contribution in [3.63, 3.8) is 0 Å². The highest BCUT2D eigenvalue weighted by molar-refractivity contribution is 7.80. The van der Waals surface area contributed by atoms with Crippen LogP contribution >= 0.6 is 12.6 Å². The molecule has 90 valence electrons. The van der Waals surface area contributed by atoms with E-state index < -0.39 is 0 Å². The zero-order valence-electron chi connectivity index (χ0n) is 10.6. The first-order valence-electron chi connectivity index (χ1n) is 6.02. The maximum absolute atomic E-state index is 4.36. The first-order valence-corrected chi connectivity index (χ1v) is 6.65. The zero-order chi connectivity index (χ0) is 12.0. The molecule has 0 N–H and O–H groups in total. The maximum atomic E-state index is 4.36. The lowest BCUT2D eigenvalue weighted by Gasteiger charge is -2.29. The van der Waals surface area contributed by atoms with E-state index in [1.807, 2.05) is 0 Å². The molecule has 2 heteroatoms. The Bertz CT molecular complexity index is 284. The minimum absolute atomic E-state index is 0.586. The molecule has 1 atom stereocenters. The van der Waals surface area contributed by atoms with Crippen LogP contribution in [0.3, 0.4) is 0 Å². The summed E-state index contributed by atoms with van der Waals surface area (Å²) < 4.78 is 0. The standard InChI is InChI=1S/C14H23NS/c1-12(2)15(9-13(3)11-16)10-14-7-5-4-6-8-14/h4-8,12-13,16H,9-11H2,1-3H3. The Hall–Kier alpha value is -0.470. The van der Waals surface area contributed by atoms with Gasteiger partial charge in [0.05, 0.1) is 0 Å². The Labute approximate surface area is 105 Å². The fourth-order valence-electron chi connectivity index (χ4n) is 1.73. The van der Waals surface area contributed by atoms with Crippen molar-refractivity contribution < 1.29 is 0 Å². The van der Waals surface area contributed by atoms with Crippen molar-refractivity contribution in [3.05, 3.63) is 35.9 Å². The van der Waals surface area contributed by atoms with E-state index in [9.17, 15) is 0 Å². The largest absolute Gasteiger partial charge is 0.296 e. The van der Waals surface area contributed by atoms with Crippen molar-refractivity contribution in [2.45, 2.75) is 33.4 Å². The highest BCUT2D eigenvalue weighted by Crippen LogP contribution is 2.11. The van der Waals surface area contributed by atoms with Crippen molar-refractivity contribution in [2.75, 3.05) is 12.3 Å². The molecule has 1 unspecified atom stereocenters. The summed E-state index contributed by atoms with van der Waals surface area (Å²) in [4.78, 5) is 2.51. The number of hydrogen-bond donors (Lipinski definition) is 1. The third kappa shape index (κ3) is 4.58. The van der Waals surface area contributed by atoms with Crippen LogP contribution < -0.4 is 0 Å². The van der Waals surface area contributed by atoms with Crippen LogP contribution in [-0.4, -0.2) is 23.2 Å². The van der Waals surface area contributed by atoms with Crippen LogP contribution in [0.15, 0.2) is 30.3 Å². The molecule has 16 heavy (non-hydrogen) atoms. The van der Waals surface area contributed by atoms with Crippen LogP contribution in [0.2, 0.25) is 0 Å². The molecule has 0 aromatic heterocycles. The second kappa shape index (κ2) is 6.97. The lowest BCUT2D eigenvalue weighted by atomic mass is 10.1. The molecule has 0 amide bonds. The summed E-state index contributed by atoms with van der Waals surface area (Å²) in [7, 11) is 0. The van der Waals surface area contributed by atoms with Gasteiger partial charge in [-0.05, 0) is 31.1 Å². The molecule has 1 nitrogen and oxygen atoms in total. The fraction of sp³-hybridized carbons (Fsp3) is 0.571. The Morgan fingerprint density at radius 3 is 2.25 bits per heavy atom. The number of rotatable bonds is 6. The van der Waals surface area contributed by atoms with Crippen LogP contribution in [0.4, 0.5) is 0 Å². The number of nitrogens with zero attached hydrogens (tertiary/aromatic N) is 1. The molecule has 0 saturated carbocycles. The van der Waals surface area contributed by atoms with Crippen LogP contribution in [0.25, 0.3) is 0 Å². The average Bonchev–Trinajstić information content (AvgIpc) is 2.29. The maximum Gasteiger partial charge on any atom is 0.0236 e. The van der Waals surface area contributed by atoms with Gasteiger partial charge in [0.25, 0.3) is 0 Å². The molecular formula is C14H23NS. The molecule has 0 aliphatic heterocycles. The first-order chi connectivity index (χ1) is 7.63. The Morgan fingerprint density at radius 2 is 1.75 bits per heavy atom. The number of benzene rings is 1. The van der Waals surface area contributed by atoms with Gasteiger partial charge in [-0.1, -0.05) is 37.3 Å². The normalized spacial score (nSPS) is 13.4. The van der Waals surface area contributed by atoms with Gasteiger partial charge in [-0.3, -0.25) is 4.90 Å². The summed E-state index contributed by atoms with van der Waals surface area (Å²) in [5.41, 5.74) is 1.39. The Kier molecular flexibility index (Phi) is 5.93. The fourth-order valence-corrected chi connectivity index (χ4v) is 1.85. The van der Waals surface area contributed by atoms with Gasteiger partial charge in [-0.25, -0.2) is 0 Å². The number of hydrogen-bond acceptors (Lipinski definition) is 2. The summed E-state index contributed by atoms with van der Waals surface area (Å²) >= 11 is 4.36. The monoisotopic (exact) mass is 237 g/mol. The highest BCUT2D eigenvalue weighted by Gasteiger charge is 2.12. The van der Waals surface area contributed by atoms with E-state index in [4.69, 9.17) is 0 Å². The van der Waals surface area contributed by atoms with E-state index in [1.54, 1.807) is 0 Å². The van der Waals surface area contributed by atoms with Gasteiger partial charge in [0, 0.05) is 19.1 Å². The molecule has 0 saturated heterocycles. The van der Waals surface area contributed by atoms with E-state index in [-0.39, 0.29) is 0 Å². The lowest BCUT2D eigenvalue weighted by molar-refractivity contribution is 0.190. The smallest absolute Gasteiger partial charge is 0.0236 e. The summed E-state index contributed by atoms with van der Waals surface area (Å²) in [6.45, 7) is 8.93. The van der Waals surface area contributed by atoms with Crippen LogP contribution in [0.1, 0.15) is 26.3 Å².